The van der Waals surface area contributed by atoms with Crippen LogP contribution >= 0.6 is 11.3 Å². The highest BCUT2D eigenvalue weighted by molar-refractivity contribution is 7.13. The SMILES string of the molecule is O=C(Nc1nccs1)C(=O)NC1CCCCCC1. The summed E-state index contributed by atoms with van der Waals surface area (Å²) < 4.78 is 0. The Hall–Kier alpha value is -1.43. The fraction of sp³-hybridized carbons (Fsp3) is 0.583. The third-order valence-corrected chi connectivity index (χ3v) is 3.74. The van der Waals surface area contributed by atoms with Crippen LogP contribution in [0.4, 0.5) is 5.13 Å². The van der Waals surface area contributed by atoms with Gasteiger partial charge in [-0.1, -0.05) is 25.7 Å². The summed E-state index contributed by atoms with van der Waals surface area (Å²) in [6, 6.07) is 0.141. The molecule has 6 heteroatoms. The Bertz CT molecular complexity index is 397. The zero-order chi connectivity index (χ0) is 12.8. The number of thiazole rings is 1. The van der Waals surface area contributed by atoms with Crippen molar-refractivity contribution in [2.75, 3.05) is 5.32 Å². The van der Waals surface area contributed by atoms with Gasteiger partial charge in [-0.05, 0) is 12.8 Å². The summed E-state index contributed by atoms with van der Waals surface area (Å²) in [5.74, 6) is -1.19. The zero-order valence-electron chi connectivity index (χ0n) is 10.1. The number of rotatable bonds is 2. The monoisotopic (exact) mass is 267 g/mol. The highest BCUT2D eigenvalue weighted by Crippen LogP contribution is 2.17. The molecule has 2 amide bonds. The lowest BCUT2D eigenvalue weighted by Crippen LogP contribution is -2.41. The summed E-state index contributed by atoms with van der Waals surface area (Å²) in [6.07, 6.45) is 8.21. The van der Waals surface area contributed by atoms with E-state index in [2.05, 4.69) is 15.6 Å². The normalized spacial score (nSPS) is 16.9. The Morgan fingerprint density at radius 3 is 2.50 bits per heavy atom. The second kappa shape index (κ2) is 6.49. The van der Waals surface area contributed by atoms with Crippen molar-refractivity contribution >= 4 is 28.3 Å². The van der Waals surface area contributed by atoms with Gasteiger partial charge in [0.1, 0.15) is 0 Å². The van der Waals surface area contributed by atoms with Gasteiger partial charge in [0.05, 0.1) is 0 Å². The molecule has 1 heterocycles. The molecule has 1 aromatic rings. The van der Waals surface area contributed by atoms with E-state index in [1.54, 1.807) is 11.6 Å². The highest BCUT2D eigenvalue weighted by Gasteiger charge is 2.20. The smallest absolute Gasteiger partial charge is 0.315 e. The third-order valence-electron chi connectivity index (χ3n) is 3.05. The largest absolute Gasteiger partial charge is 0.345 e. The van der Waals surface area contributed by atoms with Crippen LogP contribution < -0.4 is 10.6 Å². The molecule has 98 valence electrons. The average molecular weight is 267 g/mol. The van der Waals surface area contributed by atoms with E-state index >= 15 is 0 Å². The van der Waals surface area contributed by atoms with E-state index in [1.165, 1.54) is 24.2 Å². The first-order chi connectivity index (χ1) is 8.75. The number of aromatic nitrogens is 1. The summed E-state index contributed by atoms with van der Waals surface area (Å²) in [4.78, 5) is 27.2. The van der Waals surface area contributed by atoms with E-state index in [0.29, 0.717) is 5.13 Å². The van der Waals surface area contributed by atoms with Gasteiger partial charge in [-0.25, -0.2) is 4.98 Å². The number of anilines is 1. The summed E-state index contributed by atoms with van der Waals surface area (Å²) in [7, 11) is 0. The number of carbonyl (C=O) groups excluding carboxylic acids is 2. The van der Waals surface area contributed by atoms with Crippen molar-refractivity contribution in [3.63, 3.8) is 0 Å². The molecule has 1 aromatic heterocycles. The molecule has 0 unspecified atom stereocenters. The van der Waals surface area contributed by atoms with E-state index in [0.717, 1.165) is 25.7 Å². The molecule has 0 atom stereocenters. The Kier molecular flexibility index (Phi) is 4.69. The van der Waals surface area contributed by atoms with Gasteiger partial charge in [-0.15, -0.1) is 11.3 Å². The molecular formula is C12H17N3O2S. The highest BCUT2D eigenvalue weighted by atomic mass is 32.1. The van der Waals surface area contributed by atoms with Crippen LogP contribution in [0.3, 0.4) is 0 Å². The first-order valence-corrected chi connectivity index (χ1v) is 7.15. The van der Waals surface area contributed by atoms with Crippen LogP contribution in [0, 0.1) is 0 Å². The van der Waals surface area contributed by atoms with Gasteiger partial charge in [0.15, 0.2) is 5.13 Å². The molecule has 0 spiro atoms. The Balaban J connectivity index is 1.81. The molecule has 1 fully saturated rings. The van der Waals surface area contributed by atoms with Gasteiger partial charge < -0.3 is 5.32 Å². The minimum absolute atomic E-state index is 0.141. The number of carbonyl (C=O) groups is 2. The maximum absolute atomic E-state index is 11.7. The lowest BCUT2D eigenvalue weighted by atomic mass is 10.1. The molecule has 0 bridgehead atoms. The Labute approximate surface area is 110 Å². The van der Waals surface area contributed by atoms with Crippen molar-refractivity contribution in [3.8, 4) is 0 Å². The van der Waals surface area contributed by atoms with Gasteiger partial charge in [-0.2, -0.15) is 0 Å². The van der Waals surface area contributed by atoms with Crippen LogP contribution in [-0.2, 0) is 9.59 Å². The van der Waals surface area contributed by atoms with Gasteiger partial charge in [0, 0.05) is 17.6 Å². The molecule has 0 aromatic carbocycles. The summed E-state index contributed by atoms with van der Waals surface area (Å²) in [5.41, 5.74) is 0. The predicted molar refractivity (Wildman–Crippen MR) is 70.4 cm³/mol. The van der Waals surface area contributed by atoms with E-state index in [9.17, 15) is 9.59 Å². The van der Waals surface area contributed by atoms with Crippen LogP contribution in [0.2, 0.25) is 0 Å². The lowest BCUT2D eigenvalue weighted by Gasteiger charge is -2.15. The molecule has 2 N–H and O–H groups in total. The fourth-order valence-electron chi connectivity index (χ4n) is 2.11. The molecule has 1 aliphatic rings. The minimum atomic E-state index is -0.630. The third kappa shape index (κ3) is 3.80. The van der Waals surface area contributed by atoms with Gasteiger partial charge in [0.25, 0.3) is 0 Å². The van der Waals surface area contributed by atoms with Crippen molar-refractivity contribution < 1.29 is 9.59 Å². The summed E-state index contributed by atoms with van der Waals surface area (Å²) >= 11 is 1.30. The summed E-state index contributed by atoms with van der Waals surface area (Å²) in [5, 5.41) is 7.48. The zero-order valence-corrected chi connectivity index (χ0v) is 11.0. The molecule has 1 saturated carbocycles. The molecule has 0 radical (unpaired) electrons. The minimum Gasteiger partial charge on any atom is -0.345 e. The van der Waals surface area contributed by atoms with E-state index < -0.39 is 11.8 Å². The molecule has 18 heavy (non-hydrogen) atoms. The number of hydrogen-bond acceptors (Lipinski definition) is 4. The van der Waals surface area contributed by atoms with Crippen LogP contribution in [-0.4, -0.2) is 22.8 Å². The maximum Gasteiger partial charge on any atom is 0.315 e. The topological polar surface area (TPSA) is 71.1 Å². The summed E-state index contributed by atoms with van der Waals surface area (Å²) in [6.45, 7) is 0. The first kappa shape index (κ1) is 13.0. The van der Waals surface area contributed by atoms with E-state index in [-0.39, 0.29) is 6.04 Å². The van der Waals surface area contributed by atoms with E-state index in [1.807, 2.05) is 0 Å². The lowest BCUT2D eigenvalue weighted by molar-refractivity contribution is -0.136. The van der Waals surface area contributed by atoms with Crippen LogP contribution in [0.5, 0.6) is 0 Å². The maximum atomic E-state index is 11.7. The Morgan fingerprint density at radius 1 is 1.17 bits per heavy atom. The van der Waals surface area contributed by atoms with Crippen molar-refractivity contribution in [2.45, 2.75) is 44.6 Å². The standard InChI is InChI=1S/C12H17N3O2S/c16-10(11(17)15-12-13-7-8-18-12)14-9-5-3-1-2-4-6-9/h7-9H,1-6H2,(H,14,16)(H,13,15,17). The molecule has 0 saturated heterocycles. The van der Waals surface area contributed by atoms with Gasteiger partial charge in [-0.3, -0.25) is 14.9 Å². The predicted octanol–water partition coefficient (Wildman–Crippen LogP) is 1.92. The average Bonchev–Trinajstić information content (AvgIpc) is 2.72. The first-order valence-electron chi connectivity index (χ1n) is 6.27. The quantitative estimate of drug-likeness (QED) is 0.635. The van der Waals surface area contributed by atoms with Crippen LogP contribution in [0.15, 0.2) is 11.6 Å². The molecule has 0 aliphatic heterocycles. The molecule has 5 nitrogen and oxygen atoms in total. The fourth-order valence-corrected chi connectivity index (χ4v) is 2.64. The molecular weight excluding hydrogens is 250 g/mol. The molecule has 2 rings (SSSR count). The number of nitrogens with one attached hydrogen (secondary N) is 2. The number of hydrogen-bond donors (Lipinski definition) is 2. The molecule has 1 aliphatic carbocycles. The van der Waals surface area contributed by atoms with Crippen molar-refractivity contribution in [2.24, 2.45) is 0 Å². The van der Waals surface area contributed by atoms with E-state index in [4.69, 9.17) is 0 Å². The van der Waals surface area contributed by atoms with Crippen LogP contribution in [0.1, 0.15) is 38.5 Å². The number of amides is 2. The second-order valence-electron chi connectivity index (χ2n) is 4.45. The van der Waals surface area contributed by atoms with Crippen LogP contribution in [0.25, 0.3) is 0 Å². The number of nitrogens with zero attached hydrogens (tertiary/aromatic N) is 1. The van der Waals surface area contributed by atoms with Gasteiger partial charge >= 0.3 is 11.8 Å². The second-order valence-corrected chi connectivity index (χ2v) is 5.35. The Morgan fingerprint density at radius 2 is 1.89 bits per heavy atom. The van der Waals surface area contributed by atoms with Crippen molar-refractivity contribution in [1.29, 1.82) is 0 Å². The van der Waals surface area contributed by atoms with Crippen molar-refractivity contribution in [1.82, 2.24) is 10.3 Å². The van der Waals surface area contributed by atoms with Gasteiger partial charge in [0.2, 0.25) is 0 Å². The van der Waals surface area contributed by atoms with Crippen molar-refractivity contribution in [3.05, 3.63) is 11.6 Å².